The van der Waals surface area contributed by atoms with Gasteiger partial charge in [0, 0.05) is 51.6 Å². The molecule has 14 heteroatoms. The van der Waals surface area contributed by atoms with Gasteiger partial charge in [0.2, 0.25) is 11.7 Å². The number of anilines is 2. The maximum Gasteiger partial charge on any atom is 0.250 e. The minimum atomic E-state index is -0.670. The third-order valence-corrected chi connectivity index (χ3v) is 13.3. The average Bonchev–Trinajstić information content (AvgIpc) is 3.62. The highest BCUT2D eigenvalue weighted by Crippen LogP contribution is 2.45. The number of carbonyl (C=O) groups excluding carboxylic acids is 1. The molecule has 0 N–H and O–H groups in total. The van der Waals surface area contributed by atoms with Crippen molar-refractivity contribution in [1.29, 1.82) is 5.26 Å². The Kier molecular flexibility index (Phi) is 24.2. The molecule has 1 unspecified atom stereocenters. The summed E-state index contributed by atoms with van der Waals surface area (Å²) in [6.45, 7) is 21.3. The predicted octanol–water partition coefficient (Wildman–Crippen LogP) is 10.2. The molecule has 72 heavy (non-hydrogen) atoms. The van der Waals surface area contributed by atoms with Crippen molar-refractivity contribution in [3.8, 4) is 34.8 Å². The molecule has 0 spiro atoms. The Labute approximate surface area is 431 Å². The number of nitriles is 1. The van der Waals surface area contributed by atoms with E-state index in [9.17, 15) is 10.1 Å². The van der Waals surface area contributed by atoms with Gasteiger partial charge in [-0.2, -0.15) is 5.26 Å². The first kappa shape index (κ1) is 58.3. The summed E-state index contributed by atoms with van der Waals surface area (Å²) in [5.41, 5.74) is 5.80. The van der Waals surface area contributed by atoms with Crippen LogP contribution in [-0.4, -0.2) is 134 Å². The van der Waals surface area contributed by atoms with Gasteiger partial charge in [-0.3, -0.25) is 4.79 Å². The molecular formula is C58H83N7O7. The molecule has 1 atom stereocenters. The average molecular weight is 990 g/mol. The molecule has 1 saturated heterocycles. The lowest BCUT2D eigenvalue weighted by Gasteiger charge is -2.33. The van der Waals surface area contributed by atoms with Crippen LogP contribution in [-0.2, 0) is 27.9 Å². The molecular weight excluding hydrogens is 907 g/mol. The van der Waals surface area contributed by atoms with E-state index in [1.165, 1.54) is 17.5 Å². The third-order valence-electron chi connectivity index (χ3n) is 13.3. The van der Waals surface area contributed by atoms with Crippen molar-refractivity contribution in [3.63, 3.8) is 0 Å². The highest BCUT2D eigenvalue weighted by molar-refractivity contribution is 6.01. The lowest BCUT2D eigenvalue weighted by molar-refractivity contribution is -0.114. The molecule has 1 amide bonds. The van der Waals surface area contributed by atoms with Crippen molar-refractivity contribution in [3.05, 3.63) is 108 Å². The summed E-state index contributed by atoms with van der Waals surface area (Å²) in [6, 6.07) is 28.8. The van der Waals surface area contributed by atoms with Crippen LogP contribution in [0, 0.1) is 24.2 Å². The van der Waals surface area contributed by atoms with Crippen molar-refractivity contribution in [2.75, 3.05) is 118 Å². The van der Waals surface area contributed by atoms with Gasteiger partial charge < -0.3 is 52.6 Å². The lowest BCUT2D eigenvalue weighted by Crippen LogP contribution is -2.32. The Bertz CT molecular complexity index is 2480. The van der Waals surface area contributed by atoms with Gasteiger partial charge in [0.1, 0.15) is 0 Å². The quantitative estimate of drug-likeness (QED) is 0.0484. The molecule has 0 aliphatic carbocycles. The Morgan fingerprint density at radius 2 is 1.53 bits per heavy atom. The van der Waals surface area contributed by atoms with Gasteiger partial charge in [0.25, 0.3) is 5.91 Å². The van der Waals surface area contributed by atoms with E-state index in [0.29, 0.717) is 23.8 Å². The van der Waals surface area contributed by atoms with Crippen LogP contribution >= 0.6 is 0 Å². The summed E-state index contributed by atoms with van der Waals surface area (Å²) in [5, 5.41) is 10.4. The number of imidazole rings is 1. The van der Waals surface area contributed by atoms with Crippen LogP contribution in [0.4, 0.5) is 11.6 Å². The number of fused-ring (bicyclic) bond motifs is 1. The van der Waals surface area contributed by atoms with Crippen LogP contribution in [0.25, 0.3) is 11.0 Å². The maximum absolute atomic E-state index is 11.8. The third kappa shape index (κ3) is 15.6. The van der Waals surface area contributed by atoms with E-state index in [4.69, 9.17) is 33.4 Å². The minimum Gasteiger partial charge on any atom is -0.493 e. The van der Waals surface area contributed by atoms with Crippen molar-refractivity contribution >= 4 is 28.6 Å². The van der Waals surface area contributed by atoms with Crippen LogP contribution in [0.5, 0.6) is 28.7 Å². The highest BCUT2D eigenvalue weighted by Gasteiger charge is 2.37. The minimum absolute atomic E-state index is 0.0364. The van der Waals surface area contributed by atoms with Crippen LogP contribution < -0.4 is 33.5 Å². The number of ether oxygens (including phenoxy) is 6. The zero-order chi connectivity index (χ0) is 52.6. The monoisotopic (exact) mass is 990 g/mol. The van der Waals surface area contributed by atoms with Crippen LogP contribution in [0.1, 0.15) is 70.6 Å². The van der Waals surface area contributed by atoms with Gasteiger partial charge in [0.15, 0.2) is 23.0 Å². The van der Waals surface area contributed by atoms with Crippen molar-refractivity contribution in [2.45, 2.75) is 79.2 Å². The van der Waals surface area contributed by atoms with Gasteiger partial charge in [-0.1, -0.05) is 56.3 Å². The van der Waals surface area contributed by atoms with Crippen molar-refractivity contribution in [1.82, 2.24) is 19.4 Å². The molecule has 4 aromatic carbocycles. The topological polar surface area (TPSA) is 127 Å². The summed E-state index contributed by atoms with van der Waals surface area (Å²) in [4.78, 5) is 25.6. The number of aryl methyl sites for hydroxylation is 1. The molecule has 0 saturated carbocycles. The number of aromatic nitrogens is 2. The molecule has 1 fully saturated rings. The SMILES string of the molecule is C/C=C/C(=O)N(CC)c1ccccc1C.CCOCCn1c(N2CCCN(C)CC2)nc2ccccc21.COc1ccc(CCN(C)CCCC(C#N)(c2cc(OC)c(OC)c(OC)c2)C(C)C)cc1OC. The predicted molar refractivity (Wildman–Crippen MR) is 293 cm³/mol. The molecule has 14 nitrogen and oxygen atoms in total. The number of benzene rings is 4. The molecule has 0 bridgehead atoms. The number of allylic oxidation sites excluding steroid dienone is 1. The van der Waals surface area contributed by atoms with E-state index in [1.807, 2.05) is 76.2 Å². The number of para-hydroxylation sites is 3. The van der Waals surface area contributed by atoms with Crippen LogP contribution in [0.15, 0.2) is 91.0 Å². The van der Waals surface area contributed by atoms with E-state index >= 15 is 0 Å². The Morgan fingerprint density at radius 3 is 2.14 bits per heavy atom. The summed E-state index contributed by atoms with van der Waals surface area (Å²) < 4.78 is 35.2. The lowest BCUT2D eigenvalue weighted by atomic mass is 9.69. The Balaban J connectivity index is 0.000000257. The zero-order valence-electron chi connectivity index (χ0n) is 45.6. The van der Waals surface area contributed by atoms with E-state index in [-0.39, 0.29) is 11.8 Å². The van der Waals surface area contributed by atoms with Gasteiger partial charge in [-0.15, -0.1) is 0 Å². The Hall–Kier alpha value is -6.27. The number of rotatable bonds is 22. The molecule has 2 heterocycles. The zero-order valence-corrected chi connectivity index (χ0v) is 45.6. The molecule has 1 aliphatic rings. The van der Waals surface area contributed by atoms with E-state index in [0.717, 1.165) is 118 Å². The van der Waals surface area contributed by atoms with Gasteiger partial charge in [-0.25, -0.2) is 4.98 Å². The van der Waals surface area contributed by atoms with Gasteiger partial charge >= 0.3 is 0 Å². The van der Waals surface area contributed by atoms with Crippen LogP contribution in [0.3, 0.4) is 0 Å². The number of carbonyl (C=O) groups is 1. The second kappa shape index (κ2) is 29.9. The smallest absolute Gasteiger partial charge is 0.250 e. The molecule has 1 aromatic heterocycles. The Morgan fingerprint density at radius 1 is 0.847 bits per heavy atom. The van der Waals surface area contributed by atoms with E-state index in [1.54, 1.807) is 52.6 Å². The first-order valence-corrected chi connectivity index (χ1v) is 25.4. The van der Waals surface area contributed by atoms with E-state index < -0.39 is 5.41 Å². The number of likely N-dealkylation sites (N-methyl/N-ethyl adjacent to an activating group) is 3. The number of hydrogen-bond acceptors (Lipinski definition) is 12. The summed E-state index contributed by atoms with van der Waals surface area (Å²) >= 11 is 0. The standard InChI is InChI=1S/C28H40N2O5.C17H26N4O.C13H17NO/c1-20(2)28(19-29,22-17-25(33-6)27(35-8)26(18-22)34-7)13-9-14-30(3)15-12-21-10-11-23(31-4)24(16-21)32-5;1-3-22-14-13-21-16-8-5-4-7-15(16)18-17(21)20-10-6-9-19(2)11-12-20;1-4-8-13(15)14(5-2)12-10-7-6-9-11(12)3/h10-11,16-18,20H,9,12-15H2,1-8H3;4-5,7-8H,3,6,9-14H2,1-2H3;4,6-10H,5H2,1-3H3/b;;8-4+. The highest BCUT2D eigenvalue weighted by atomic mass is 16.5. The van der Waals surface area contributed by atoms with Gasteiger partial charge in [0.05, 0.1) is 64.7 Å². The fraction of sp³-hybridized carbons (Fsp3) is 0.500. The molecule has 392 valence electrons. The number of nitrogens with zero attached hydrogens (tertiary/aromatic N) is 7. The number of hydrogen-bond donors (Lipinski definition) is 0. The van der Waals surface area contributed by atoms with Crippen LogP contribution in [0.2, 0.25) is 0 Å². The largest absolute Gasteiger partial charge is 0.493 e. The fourth-order valence-electron chi connectivity index (χ4n) is 9.07. The van der Waals surface area contributed by atoms with E-state index in [2.05, 4.69) is 83.6 Å². The van der Waals surface area contributed by atoms with Gasteiger partial charge in [-0.05, 0) is 152 Å². The summed E-state index contributed by atoms with van der Waals surface area (Å²) in [6.07, 6.45) is 7.05. The van der Waals surface area contributed by atoms with Crippen molar-refractivity contribution < 1.29 is 33.2 Å². The fourth-order valence-corrected chi connectivity index (χ4v) is 9.07. The molecule has 1 aliphatic heterocycles. The molecule has 6 rings (SSSR count). The summed E-state index contributed by atoms with van der Waals surface area (Å²) in [5.74, 6) is 4.37. The maximum atomic E-state index is 11.8. The normalized spacial score (nSPS) is 13.6. The number of amides is 1. The summed E-state index contributed by atoms with van der Waals surface area (Å²) in [7, 11) is 12.4. The molecule has 5 aromatic rings. The second-order valence-electron chi connectivity index (χ2n) is 18.3. The first-order valence-electron chi connectivity index (χ1n) is 25.4. The second-order valence-corrected chi connectivity index (χ2v) is 18.3. The first-order chi connectivity index (χ1) is 34.8. The molecule has 0 radical (unpaired) electrons. The number of methoxy groups -OCH3 is 5. The van der Waals surface area contributed by atoms with Crippen molar-refractivity contribution in [2.24, 2.45) is 5.92 Å².